The monoisotopic (exact) mass is 432 g/mol. The van der Waals surface area contributed by atoms with Gasteiger partial charge in [0.05, 0.1) is 18.8 Å². The van der Waals surface area contributed by atoms with E-state index in [1.807, 2.05) is 72.4 Å². The molecule has 0 saturated heterocycles. The van der Waals surface area contributed by atoms with Crippen LogP contribution in [0.4, 0.5) is 0 Å². The number of hydrogen-bond donors (Lipinski definition) is 1. The molecule has 0 aliphatic carbocycles. The van der Waals surface area contributed by atoms with Crippen molar-refractivity contribution in [2.24, 2.45) is 0 Å². The molecule has 0 unspecified atom stereocenters. The van der Waals surface area contributed by atoms with Crippen molar-refractivity contribution in [3.8, 4) is 11.3 Å². The Hall–Kier alpha value is -3.64. The van der Waals surface area contributed by atoms with E-state index >= 15 is 0 Å². The quantitative estimate of drug-likeness (QED) is 0.422. The van der Waals surface area contributed by atoms with Gasteiger partial charge in [0.2, 0.25) is 5.91 Å². The number of hydrogen-bond acceptors (Lipinski definition) is 4. The van der Waals surface area contributed by atoms with Crippen molar-refractivity contribution in [3.63, 3.8) is 0 Å². The second-order valence-electron chi connectivity index (χ2n) is 7.07. The van der Waals surface area contributed by atoms with Gasteiger partial charge in [0, 0.05) is 34.5 Å². The number of halogens is 1. The second-order valence-corrected chi connectivity index (χ2v) is 7.48. The maximum absolute atomic E-state index is 12.3. The van der Waals surface area contributed by atoms with E-state index in [9.17, 15) is 4.79 Å². The summed E-state index contributed by atoms with van der Waals surface area (Å²) in [5.74, 6) is 0.483. The van der Waals surface area contributed by atoms with Gasteiger partial charge in [-0.05, 0) is 24.6 Å². The molecular weight excluding hydrogens is 412 g/mol. The van der Waals surface area contributed by atoms with Gasteiger partial charge < -0.3 is 9.84 Å². The van der Waals surface area contributed by atoms with Gasteiger partial charge in [-0.3, -0.25) is 9.48 Å². The molecule has 4 aromatic rings. The zero-order valence-corrected chi connectivity index (χ0v) is 17.7. The van der Waals surface area contributed by atoms with Crippen LogP contribution in [-0.4, -0.2) is 20.8 Å². The highest BCUT2D eigenvalue weighted by Gasteiger charge is 2.11. The molecule has 1 N–H and O–H groups in total. The minimum Gasteiger partial charge on any atom is -0.361 e. The number of aromatic nitrogens is 3. The molecule has 2 heterocycles. The molecule has 0 bridgehead atoms. The number of amides is 1. The molecule has 4 rings (SSSR count). The number of nitrogens with one attached hydrogen (secondary N) is 1. The molecule has 0 fully saturated rings. The fourth-order valence-electron chi connectivity index (χ4n) is 3.16. The van der Waals surface area contributed by atoms with Crippen LogP contribution < -0.4 is 5.32 Å². The van der Waals surface area contributed by atoms with Gasteiger partial charge in [0.25, 0.3) is 0 Å². The van der Waals surface area contributed by atoms with Gasteiger partial charge >= 0.3 is 0 Å². The summed E-state index contributed by atoms with van der Waals surface area (Å²) in [6.07, 6.45) is 5.18. The Morgan fingerprint density at radius 3 is 2.68 bits per heavy atom. The van der Waals surface area contributed by atoms with Crippen LogP contribution in [0.15, 0.2) is 77.5 Å². The number of aryl methyl sites for hydroxylation is 1. The molecule has 2 aromatic carbocycles. The second kappa shape index (κ2) is 9.45. The van der Waals surface area contributed by atoms with E-state index in [0.717, 1.165) is 22.4 Å². The van der Waals surface area contributed by atoms with Crippen molar-refractivity contribution < 1.29 is 9.32 Å². The van der Waals surface area contributed by atoms with Gasteiger partial charge in [-0.2, -0.15) is 5.10 Å². The molecule has 6 nitrogen and oxygen atoms in total. The van der Waals surface area contributed by atoms with E-state index in [2.05, 4.69) is 10.5 Å². The predicted molar refractivity (Wildman–Crippen MR) is 120 cm³/mol. The molecule has 2 aromatic heterocycles. The zero-order chi connectivity index (χ0) is 21.6. The zero-order valence-electron chi connectivity index (χ0n) is 17.0. The summed E-state index contributed by atoms with van der Waals surface area (Å²) in [7, 11) is 0. The first kappa shape index (κ1) is 20.6. The maximum Gasteiger partial charge on any atom is 0.244 e. The van der Waals surface area contributed by atoms with E-state index in [4.69, 9.17) is 21.2 Å². The topological polar surface area (TPSA) is 73.0 Å². The third-order valence-corrected chi connectivity index (χ3v) is 5.03. The van der Waals surface area contributed by atoms with Crippen molar-refractivity contribution in [2.45, 2.75) is 20.0 Å². The van der Waals surface area contributed by atoms with Crippen molar-refractivity contribution in [2.75, 3.05) is 0 Å². The first-order valence-electron chi connectivity index (χ1n) is 9.83. The van der Waals surface area contributed by atoms with Crippen LogP contribution in [-0.2, 0) is 17.9 Å². The van der Waals surface area contributed by atoms with Crippen molar-refractivity contribution in [1.82, 2.24) is 20.3 Å². The SMILES string of the molecule is Cc1cc(CNC(=O)/C=C/c2cn(Cc3ccccc3Cl)nc2-c2ccccc2)no1. The van der Waals surface area contributed by atoms with Crippen LogP contribution in [0, 0.1) is 6.92 Å². The first-order chi connectivity index (χ1) is 15.1. The van der Waals surface area contributed by atoms with E-state index in [1.54, 1.807) is 12.1 Å². The molecule has 7 heteroatoms. The minimum atomic E-state index is -0.224. The van der Waals surface area contributed by atoms with E-state index < -0.39 is 0 Å². The van der Waals surface area contributed by atoms with E-state index in [0.29, 0.717) is 29.6 Å². The van der Waals surface area contributed by atoms with Gasteiger partial charge in [0.15, 0.2) is 0 Å². The van der Waals surface area contributed by atoms with Gasteiger partial charge in [-0.15, -0.1) is 0 Å². The van der Waals surface area contributed by atoms with Crippen LogP contribution in [0.1, 0.15) is 22.6 Å². The molecule has 31 heavy (non-hydrogen) atoms. The number of carbonyl (C=O) groups is 1. The molecule has 0 aliphatic heterocycles. The predicted octanol–water partition coefficient (Wildman–Crippen LogP) is 4.88. The smallest absolute Gasteiger partial charge is 0.244 e. The summed E-state index contributed by atoms with van der Waals surface area (Å²) in [4.78, 5) is 12.3. The maximum atomic E-state index is 12.3. The molecule has 1 amide bonds. The Morgan fingerprint density at radius 1 is 1.16 bits per heavy atom. The normalized spacial score (nSPS) is 11.2. The van der Waals surface area contributed by atoms with Crippen molar-refractivity contribution in [3.05, 3.63) is 101 Å². The van der Waals surface area contributed by atoms with Gasteiger partial charge in [0.1, 0.15) is 11.5 Å². The fourth-order valence-corrected chi connectivity index (χ4v) is 3.36. The highest BCUT2D eigenvalue weighted by atomic mass is 35.5. The van der Waals surface area contributed by atoms with Crippen molar-refractivity contribution >= 4 is 23.6 Å². The first-order valence-corrected chi connectivity index (χ1v) is 10.2. The molecule has 0 spiro atoms. The Kier molecular flexibility index (Phi) is 6.29. The summed E-state index contributed by atoms with van der Waals surface area (Å²) in [5.41, 5.74) is 4.26. The van der Waals surface area contributed by atoms with Crippen LogP contribution >= 0.6 is 11.6 Å². The standard InChI is InChI=1S/C24H21ClN4O2/c1-17-13-21(28-31-17)14-26-23(30)12-11-20-16-29(15-19-9-5-6-10-22(19)25)27-24(20)18-7-3-2-4-8-18/h2-13,16H,14-15H2,1H3,(H,26,30)/b12-11+. The molecule has 156 valence electrons. The Bertz CT molecular complexity index is 1210. The molecule has 0 atom stereocenters. The highest BCUT2D eigenvalue weighted by Crippen LogP contribution is 2.24. The lowest BCUT2D eigenvalue weighted by Crippen LogP contribution is -2.20. The van der Waals surface area contributed by atoms with Gasteiger partial charge in [-0.1, -0.05) is 65.3 Å². The summed E-state index contributed by atoms with van der Waals surface area (Å²) in [5, 5.41) is 12.1. The summed E-state index contributed by atoms with van der Waals surface area (Å²) < 4.78 is 6.84. The highest BCUT2D eigenvalue weighted by molar-refractivity contribution is 6.31. The lowest BCUT2D eigenvalue weighted by molar-refractivity contribution is -0.116. The van der Waals surface area contributed by atoms with Gasteiger partial charge in [-0.25, -0.2) is 0 Å². The van der Waals surface area contributed by atoms with Crippen molar-refractivity contribution in [1.29, 1.82) is 0 Å². The Morgan fingerprint density at radius 2 is 1.94 bits per heavy atom. The molecular formula is C24H21ClN4O2. The molecule has 0 radical (unpaired) electrons. The third-order valence-electron chi connectivity index (χ3n) is 4.66. The molecule has 0 aliphatic rings. The summed E-state index contributed by atoms with van der Waals surface area (Å²) in [6.45, 7) is 2.65. The minimum absolute atomic E-state index is 0.224. The third kappa shape index (κ3) is 5.29. The summed E-state index contributed by atoms with van der Waals surface area (Å²) in [6, 6.07) is 19.3. The lowest BCUT2D eigenvalue weighted by atomic mass is 10.1. The van der Waals surface area contributed by atoms with E-state index in [1.165, 1.54) is 6.08 Å². The largest absolute Gasteiger partial charge is 0.361 e. The Labute approximate surface area is 185 Å². The van der Waals surface area contributed by atoms with Crippen LogP contribution in [0.3, 0.4) is 0 Å². The Balaban J connectivity index is 1.54. The number of nitrogens with zero attached hydrogens (tertiary/aromatic N) is 3. The number of rotatable bonds is 7. The number of carbonyl (C=O) groups excluding carboxylic acids is 1. The van der Waals surface area contributed by atoms with E-state index in [-0.39, 0.29) is 5.91 Å². The van der Waals surface area contributed by atoms with Crippen LogP contribution in [0.2, 0.25) is 5.02 Å². The average Bonchev–Trinajstić information content (AvgIpc) is 3.39. The summed E-state index contributed by atoms with van der Waals surface area (Å²) >= 11 is 6.31. The fraction of sp³-hybridized carbons (Fsp3) is 0.125. The number of benzene rings is 2. The average molecular weight is 433 g/mol. The van der Waals surface area contributed by atoms with Crippen LogP contribution in [0.5, 0.6) is 0 Å². The lowest BCUT2D eigenvalue weighted by Gasteiger charge is -2.04. The van der Waals surface area contributed by atoms with Crippen LogP contribution in [0.25, 0.3) is 17.3 Å². The molecule has 0 saturated carbocycles.